The fourth-order valence-electron chi connectivity index (χ4n) is 1.84. The van der Waals surface area contributed by atoms with E-state index in [0.717, 1.165) is 12.8 Å². The van der Waals surface area contributed by atoms with Crippen molar-refractivity contribution < 1.29 is 10.2 Å². The highest BCUT2D eigenvalue weighted by atomic mass is 16.3. The Morgan fingerprint density at radius 1 is 1.60 bits per heavy atom. The van der Waals surface area contributed by atoms with Crippen LogP contribution in [0.2, 0.25) is 0 Å². The molecule has 1 fully saturated rings. The SMILES string of the molecule is Cc1ncc(CO)c([C@@H](N)C2CC2)c1O. The molecule has 1 heterocycles. The fourth-order valence-corrected chi connectivity index (χ4v) is 1.84. The van der Waals surface area contributed by atoms with Crippen molar-refractivity contribution in [3.63, 3.8) is 0 Å². The van der Waals surface area contributed by atoms with Crippen LogP contribution in [0.25, 0.3) is 0 Å². The van der Waals surface area contributed by atoms with Crippen LogP contribution >= 0.6 is 0 Å². The second-order valence-electron chi connectivity index (χ2n) is 4.15. The molecule has 1 aromatic heterocycles. The Morgan fingerprint density at radius 2 is 2.27 bits per heavy atom. The van der Waals surface area contributed by atoms with Gasteiger partial charge in [0.05, 0.1) is 12.3 Å². The maximum Gasteiger partial charge on any atom is 0.141 e. The average Bonchev–Trinajstić information content (AvgIpc) is 3.04. The van der Waals surface area contributed by atoms with Crippen molar-refractivity contribution in [2.45, 2.75) is 32.4 Å². The van der Waals surface area contributed by atoms with E-state index in [1.54, 1.807) is 13.1 Å². The molecule has 0 aromatic carbocycles. The predicted molar refractivity (Wildman–Crippen MR) is 56.2 cm³/mol. The van der Waals surface area contributed by atoms with Gasteiger partial charge < -0.3 is 15.9 Å². The van der Waals surface area contributed by atoms with Gasteiger partial charge in [0.2, 0.25) is 0 Å². The van der Waals surface area contributed by atoms with Gasteiger partial charge in [-0.25, -0.2) is 0 Å². The number of nitrogens with two attached hydrogens (primary N) is 1. The zero-order valence-electron chi connectivity index (χ0n) is 8.77. The van der Waals surface area contributed by atoms with E-state index in [9.17, 15) is 10.2 Å². The third kappa shape index (κ3) is 1.82. The summed E-state index contributed by atoms with van der Waals surface area (Å²) in [6.07, 6.45) is 3.80. The number of hydrogen-bond donors (Lipinski definition) is 3. The van der Waals surface area contributed by atoms with Crippen molar-refractivity contribution in [1.29, 1.82) is 0 Å². The standard InChI is InChI=1S/C11H16N2O2/c1-6-11(15)9(8(5-14)4-13-6)10(12)7-2-3-7/h4,7,10,14-15H,2-3,5,12H2,1H3/t10-/m0/s1. The highest BCUT2D eigenvalue weighted by molar-refractivity contribution is 5.43. The molecule has 82 valence electrons. The van der Waals surface area contributed by atoms with Gasteiger partial charge >= 0.3 is 0 Å². The van der Waals surface area contributed by atoms with Crippen LogP contribution in [0.1, 0.15) is 35.7 Å². The molecule has 0 amide bonds. The van der Waals surface area contributed by atoms with Gasteiger partial charge in [-0.15, -0.1) is 0 Å². The molecule has 0 radical (unpaired) electrons. The van der Waals surface area contributed by atoms with E-state index in [0.29, 0.717) is 22.7 Å². The van der Waals surface area contributed by atoms with Crippen LogP contribution in [0.4, 0.5) is 0 Å². The summed E-state index contributed by atoms with van der Waals surface area (Å²) in [5.41, 5.74) is 7.93. The molecule has 0 spiro atoms. The summed E-state index contributed by atoms with van der Waals surface area (Å²) < 4.78 is 0. The fraction of sp³-hybridized carbons (Fsp3) is 0.545. The number of aromatic nitrogens is 1. The zero-order chi connectivity index (χ0) is 11.0. The maximum absolute atomic E-state index is 9.90. The summed E-state index contributed by atoms with van der Waals surface area (Å²) in [6, 6.07) is -0.172. The Bertz CT molecular complexity index is 375. The zero-order valence-corrected chi connectivity index (χ0v) is 8.77. The molecule has 1 aliphatic rings. The second-order valence-corrected chi connectivity index (χ2v) is 4.15. The minimum atomic E-state index is -0.172. The third-order valence-electron chi connectivity index (χ3n) is 2.99. The molecular weight excluding hydrogens is 192 g/mol. The summed E-state index contributed by atoms with van der Waals surface area (Å²) in [4.78, 5) is 4.01. The molecule has 1 saturated carbocycles. The monoisotopic (exact) mass is 208 g/mol. The molecule has 0 aliphatic heterocycles. The van der Waals surface area contributed by atoms with Crippen molar-refractivity contribution in [2.75, 3.05) is 0 Å². The molecular formula is C11H16N2O2. The quantitative estimate of drug-likeness (QED) is 0.692. The Kier molecular flexibility index (Phi) is 2.63. The number of aliphatic hydroxyl groups is 1. The van der Waals surface area contributed by atoms with Crippen molar-refractivity contribution in [3.05, 3.63) is 23.0 Å². The van der Waals surface area contributed by atoms with Gasteiger partial charge in [0, 0.05) is 23.4 Å². The molecule has 2 rings (SSSR count). The normalized spacial score (nSPS) is 17.8. The molecule has 4 N–H and O–H groups in total. The summed E-state index contributed by atoms with van der Waals surface area (Å²) in [5.74, 6) is 0.587. The van der Waals surface area contributed by atoms with Gasteiger partial charge in [-0.3, -0.25) is 4.98 Å². The lowest BCUT2D eigenvalue weighted by Crippen LogP contribution is -2.16. The molecule has 1 atom stereocenters. The molecule has 1 aliphatic carbocycles. The van der Waals surface area contributed by atoms with Crippen LogP contribution in [0, 0.1) is 12.8 Å². The first-order valence-electron chi connectivity index (χ1n) is 5.19. The number of aliphatic hydroxyl groups excluding tert-OH is 1. The Hall–Kier alpha value is -1.13. The van der Waals surface area contributed by atoms with Crippen LogP contribution < -0.4 is 5.73 Å². The molecule has 0 saturated heterocycles. The van der Waals surface area contributed by atoms with Gasteiger partial charge in [0.25, 0.3) is 0 Å². The van der Waals surface area contributed by atoms with Crippen molar-refractivity contribution in [3.8, 4) is 5.75 Å². The Morgan fingerprint density at radius 3 is 2.80 bits per heavy atom. The minimum Gasteiger partial charge on any atom is -0.506 e. The number of aryl methyl sites for hydroxylation is 1. The maximum atomic E-state index is 9.90. The van der Waals surface area contributed by atoms with E-state index in [1.807, 2.05) is 0 Å². The van der Waals surface area contributed by atoms with Gasteiger partial charge in [-0.1, -0.05) is 0 Å². The van der Waals surface area contributed by atoms with Crippen LogP contribution in [0.5, 0.6) is 5.75 Å². The lowest BCUT2D eigenvalue weighted by molar-refractivity contribution is 0.277. The van der Waals surface area contributed by atoms with E-state index < -0.39 is 0 Å². The summed E-state index contributed by atoms with van der Waals surface area (Å²) in [6.45, 7) is 1.61. The topological polar surface area (TPSA) is 79.4 Å². The number of hydrogen-bond acceptors (Lipinski definition) is 4. The number of rotatable bonds is 3. The van der Waals surface area contributed by atoms with Crippen LogP contribution in [-0.2, 0) is 6.61 Å². The number of pyridine rings is 1. The van der Waals surface area contributed by atoms with E-state index in [4.69, 9.17) is 5.73 Å². The van der Waals surface area contributed by atoms with Gasteiger partial charge in [0.15, 0.2) is 0 Å². The van der Waals surface area contributed by atoms with Gasteiger partial charge in [0.1, 0.15) is 5.75 Å². The van der Waals surface area contributed by atoms with Crippen molar-refractivity contribution in [1.82, 2.24) is 4.98 Å². The van der Waals surface area contributed by atoms with Crippen LogP contribution in [0.3, 0.4) is 0 Å². The minimum absolute atomic E-state index is 0.128. The Balaban J connectivity index is 2.45. The van der Waals surface area contributed by atoms with E-state index in [-0.39, 0.29) is 18.4 Å². The molecule has 15 heavy (non-hydrogen) atoms. The molecule has 1 aromatic rings. The Labute approximate surface area is 88.8 Å². The predicted octanol–water partition coefficient (Wildman–Crippen LogP) is 0.998. The highest BCUT2D eigenvalue weighted by Gasteiger charge is 2.32. The molecule has 4 heteroatoms. The van der Waals surface area contributed by atoms with E-state index in [2.05, 4.69) is 4.98 Å². The first-order chi connectivity index (χ1) is 7.15. The second kappa shape index (κ2) is 3.79. The van der Waals surface area contributed by atoms with Crippen molar-refractivity contribution in [2.24, 2.45) is 11.7 Å². The van der Waals surface area contributed by atoms with Crippen LogP contribution in [0.15, 0.2) is 6.20 Å². The molecule has 0 unspecified atom stereocenters. The summed E-state index contributed by atoms with van der Waals surface area (Å²) in [5, 5.41) is 19.1. The summed E-state index contributed by atoms with van der Waals surface area (Å²) >= 11 is 0. The lowest BCUT2D eigenvalue weighted by atomic mass is 9.97. The highest BCUT2D eigenvalue weighted by Crippen LogP contribution is 2.43. The number of aromatic hydroxyl groups is 1. The number of nitrogens with zero attached hydrogens (tertiary/aromatic N) is 1. The van der Waals surface area contributed by atoms with Crippen LogP contribution in [-0.4, -0.2) is 15.2 Å². The first-order valence-corrected chi connectivity index (χ1v) is 5.19. The van der Waals surface area contributed by atoms with E-state index in [1.165, 1.54) is 0 Å². The molecule has 4 nitrogen and oxygen atoms in total. The van der Waals surface area contributed by atoms with E-state index >= 15 is 0 Å². The summed E-state index contributed by atoms with van der Waals surface area (Å²) in [7, 11) is 0. The smallest absolute Gasteiger partial charge is 0.141 e. The van der Waals surface area contributed by atoms with Crippen molar-refractivity contribution >= 4 is 0 Å². The largest absolute Gasteiger partial charge is 0.506 e. The molecule has 0 bridgehead atoms. The van der Waals surface area contributed by atoms with Gasteiger partial charge in [-0.2, -0.15) is 0 Å². The average molecular weight is 208 g/mol. The lowest BCUT2D eigenvalue weighted by Gasteiger charge is -2.17. The third-order valence-corrected chi connectivity index (χ3v) is 2.99. The van der Waals surface area contributed by atoms with Gasteiger partial charge in [-0.05, 0) is 25.7 Å². The first kappa shape index (κ1) is 10.4.